The van der Waals surface area contributed by atoms with Crippen LogP contribution in [0.15, 0.2) is 22.7 Å². The van der Waals surface area contributed by atoms with Gasteiger partial charge >= 0.3 is 11.8 Å². The average Bonchev–Trinajstić information content (AvgIpc) is 2.71. The van der Waals surface area contributed by atoms with Gasteiger partial charge in [0.2, 0.25) is 0 Å². The van der Waals surface area contributed by atoms with E-state index in [2.05, 4.69) is 26.6 Å². The summed E-state index contributed by atoms with van der Waals surface area (Å²) in [6.07, 6.45) is 0.850. The lowest BCUT2D eigenvalue weighted by molar-refractivity contribution is -0.143. The number of benzene rings is 1. The number of anilines is 1. The minimum absolute atomic E-state index is 0.481. The number of halogens is 2. The van der Waals surface area contributed by atoms with Gasteiger partial charge in [0.1, 0.15) is 0 Å². The fourth-order valence-corrected chi connectivity index (χ4v) is 2.38. The summed E-state index contributed by atoms with van der Waals surface area (Å²) in [4.78, 5) is 25.6. The fourth-order valence-electron chi connectivity index (χ4n) is 1.95. The Bertz CT molecular complexity index is 516. The number of carbonyl (C=O) groups is 2. The van der Waals surface area contributed by atoms with E-state index in [-0.39, 0.29) is 0 Å². The molecule has 1 aromatic rings. The first-order valence-electron chi connectivity index (χ1n) is 6.34. The molecule has 1 aliphatic rings. The first-order valence-corrected chi connectivity index (χ1v) is 7.51. The Morgan fingerprint density at radius 3 is 2.85 bits per heavy atom. The molecule has 7 heteroatoms. The molecule has 0 spiro atoms. The van der Waals surface area contributed by atoms with Crippen LogP contribution in [0.5, 0.6) is 0 Å². The minimum Gasteiger partial charge on any atom is -0.333 e. The van der Waals surface area contributed by atoms with E-state index in [4.69, 9.17) is 11.6 Å². The molecule has 1 fully saturated rings. The zero-order chi connectivity index (χ0) is 14.5. The number of nitrogens with zero attached hydrogens (tertiary/aromatic N) is 1. The summed E-state index contributed by atoms with van der Waals surface area (Å²) in [7, 11) is 0. The second kappa shape index (κ2) is 7.06. The predicted molar refractivity (Wildman–Crippen MR) is 81.8 cm³/mol. The van der Waals surface area contributed by atoms with Crippen LogP contribution in [-0.2, 0) is 9.59 Å². The summed E-state index contributed by atoms with van der Waals surface area (Å²) in [5.74, 6) is -1.14. The van der Waals surface area contributed by atoms with Gasteiger partial charge in [0.25, 0.3) is 0 Å². The summed E-state index contributed by atoms with van der Waals surface area (Å²) < 4.78 is 0.738. The lowest BCUT2D eigenvalue weighted by atomic mass is 10.3. The van der Waals surface area contributed by atoms with Gasteiger partial charge in [-0.1, -0.05) is 11.6 Å². The molecule has 0 unspecified atom stereocenters. The van der Waals surface area contributed by atoms with Gasteiger partial charge in [0, 0.05) is 29.8 Å². The molecule has 0 radical (unpaired) electrons. The molecule has 20 heavy (non-hydrogen) atoms. The molecule has 0 bridgehead atoms. The number of hydrogen-bond acceptors (Lipinski definition) is 3. The number of carbonyl (C=O) groups excluding carboxylic acids is 2. The highest BCUT2D eigenvalue weighted by Crippen LogP contribution is 2.25. The van der Waals surface area contributed by atoms with Gasteiger partial charge in [-0.25, -0.2) is 0 Å². The van der Waals surface area contributed by atoms with Crippen LogP contribution in [0.3, 0.4) is 0 Å². The van der Waals surface area contributed by atoms with Gasteiger partial charge in [-0.05, 0) is 47.1 Å². The van der Waals surface area contributed by atoms with E-state index in [0.29, 0.717) is 30.3 Å². The molecule has 0 aromatic heterocycles. The highest BCUT2D eigenvalue weighted by Gasteiger charge is 2.22. The lowest BCUT2D eigenvalue weighted by Crippen LogP contribution is -2.41. The summed E-state index contributed by atoms with van der Waals surface area (Å²) in [6, 6.07) is 5.00. The predicted octanol–water partition coefficient (Wildman–Crippen LogP) is 1.86. The van der Waals surface area contributed by atoms with E-state index in [1.165, 1.54) is 0 Å². The number of hydrogen-bond donors (Lipinski definition) is 2. The number of amides is 2. The van der Waals surface area contributed by atoms with E-state index in [9.17, 15) is 9.59 Å². The molecule has 0 atom stereocenters. The third-order valence-corrected chi connectivity index (χ3v) is 4.23. The molecule has 0 aliphatic carbocycles. The first-order chi connectivity index (χ1) is 9.58. The van der Waals surface area contributed by atoms with Gasteiger partial charge in [-0.15, -0.1) is 0 Å². The van der Waals surface area contributed by atoms with E-state index in [1.807, 2.05) is 0 Å². The first kappa shape index (κ1) is 15.3. The third-order valence-electron chi connectivity index (χ3n) is 3.00. The monoisotopic (exact) mass is 359 g/mol. The van der Waals surface area contributed by atoms with Crippen LogP contribution in [0.4, 0.5) is 5.69 Å². The summed E-state index contributed by atoms with van der Waals surface area (Å²) >= 11 is 9.21. The smallest absolute Gasteiger partial charge is 0.313 e. The second-order valence-corrected chi connectivity index (χ2v) is 5.74. The van der Waals surface area contributed by atoms with Crippen LogP contribution in [0.1, 0.15) is 6.42 Å². The second-order valence-electron chi connectivity index (χ2n) is 4.48. The lowest BCUT2D eigenvalue weighted by Gasteiger charge is -2.19. The van der Waals surface area contributed by atoms with E-state index < -0.39 is 11.8 Å². The van der Waals surface area contributed by atoms with Crippen molar-refractivity contribution in [3.05, 3.63) is 27.7 Å². The highest BCUT2D eigenvalue weighted by molar-refractivity contribution is 9.10. The molecule has 1 saturated heterocycles. The van der Waals surface area contributed by atoms with Crippen LogP contribution >= 0.6 is 27.5 Å². The Labute approximate surface area is 130 Å². The van der Waals surface area contributed by atoms with Crippen molar-refractivity contribution in [2.45, 2.75) is 6.42 Å². The van der Waals surface area contributed by atoms with Crippen LogP contribution in [0.2, 0.25) is 5.02 Å². The molecule has 1 aliphatic heterocycles. The van der Waals surface area contributed by atoms with Crippen molar-refractivity contribution < 1.29 is 9.59 Å². The summed E-state index contributed by atoms with van der Waals surface area (Å²) in [5.41, 5.74) is 0.504. The highest BCUT2D eigenvalue weighted by atomic mass is 79.9. The Hall–Kier alpha value is -1.11. The molecule has 0 saturated carbocycles. The van der Waals surface area contributed by atoms with E-state index in [1.54, 1.807) is 23.1 Å². The zero-order valence-corrected chi connectivity index (χ0v) is 13.1. The zero-order valence-electron chi connectivity index (χ0n) is 10.8. The van der Waals surface area contributed by atoms with Gasteiger partial charge in [-0.3, -0.25) is 9.59 Å². The van der Waals surface area contributed by atoms with Crippen molar-refractivity contribution in [2.75, 3.05) is 31.5 Å². The van der Waals surface area contributed by atoms with Gasteiger partial charge in [-0.2, -0.15) is 0 Å². The maximum atomic E-state index is 12.1. The Morgan fingerprint density at radius 2 is 2.10 bits per heavy atom. The molecule has 1 aromatic carbocycles. The van der Waals surface area contributed by atoms with Gasteiger partial charge < -0.3 is 15.5 Å². The van der Waals surface area contributed by atoms with Gasteiger partial charge in [0.15, 0.2) is 0 Å². The van der Waals surface area contributed by atoms with Crippen molar-refractivity contribution in [1.29, 1.82) is 0 Å². The average molecular weight is 361 g/mol. The topological polar surface area (TPSA) is 61.4 Å². The van der Waals surface area contributed by atoms with Crippen LogP contribution in [0.25, 0.3) is 0 Å². The van der Waals surface area contributed by atoms with Crippen LogP contribution in [0, 0.1) is 0 Å². The number of nitrogens with one attached hydrogen (secondary N) is 2. The summed E-state index contributed by atoms with van der Waals surface area (Å²) in [5, 5.41) is 6.24. The van der Waals surface area contributed by atoms with Crippen molar-refractivity contribution in [2.24, 2.45) is 0 Å². The Morgan fingerprint density at radius 1 is 1.30 bits per heavy atom. The molecule has 2 N–H and O–H groups in total. The normalized spacial score (nSPS) is 15.6. The van der Waals surface area contributed by atoms with E-state index >= 15 is 0 Å². The van der Waals surface area contributed by atoms with Crippen LogP contribution in [-0.4, -0.2) is 42.9 Å². The van der Waals surface area contributed by atoms with Crippen molar-refractivity contribution in [3.8, 4) is 0 Å². The maximum absolute atomic E-state index is 12.1. The molecule has 2 amide bonds. The molecular weight excluding hydrogens is 346 g/mol. The minimum atomic E-state index is -0.634. The Balaban J connectivity index is 1.99. The van der Waals surface area contributed by atoms with Crippen molar-refractivity contribution >= 4 is 45.0 Å². The molecule has 108 valence electrons. The SMILES string of the molecule is O=C(Nc1ccc(Br)c(Cl)c1)C(=O)N1CCCNCC1. The standard InChI is InChI=1S/C13H15BrClN3O2/c14-10-3-2-9(8-11(10)15)17-12(19)13(20)18-6-1-4-16-5-7-18/h2-3,8,16H,1,4-7H2,(H,17,19). The van der Waals surface area contributed by atoms with Gasteiger partial charge in [0.05, 0.1) is 5.02 Å². The molecule has 1 heterocycles. The van der Waals surface area contributed by atoms with Crippen molar-refractivity contribution in [1.82, 2.24) is 10.2 Å². The van der Waals surface area contributed by atoms with E-state index in [0.717, 1.165) is 17.4 Å². The maximum Gasteiger partial charge on any atom is 0.313 e. The third kappa shape index (κ3) is 3.94. The molecule has 5 nitrogen and oxygen atoms in total. The van der Waals surface area contributed by atoms with Crippen molar-refractivity contribution in [3.63, 3.8) is 0 Å². The van der Waals surface area contributed by atoms with Crippen LogP contribution < -0.4 is 10.6 Å². The largest absolute Gasteiger partial charge is 0.333 e. The summed E-state index contributed by atoms with van der Waals surface area (Å²) in [6.45, 7) is 2.73. The number of rotatable bonds is 1. The fraction of sp³-hybridized carbons (Fsp3) is 0.385. The molecule has 2 rings (SSSR count). The Kier molecular flexibility index (Phi) is 5.39. The quantitative estimate of drug-likeness (QED) is 0.752. The molecular formula is C13H15BrClN3O2.